The van der Waals surface area contributed by atoms with Crippen LogP contribution < -0.4 is 0 Å². The second-order valence-corrected chi connectivity index (χ2v) is 4.99. The molecule has 2 nitrogen and oxygen atoms in total. The van der Waals surface area contributed by atoms with Gasteiger partial charge in [0.1, 0.15) is 5.78 Å². The van der Waals surface area contributed by atoms with Crippen molar-refractivity contribution in [3.63, 3.8) is 0 Å². The number of carbonyl (C=O) groups excluding carboxylic acids is 1. The Morgan fingerprint density at radius 1 is 1.36 bits per heavy atom. The molecule has 0 aromatic heterocycles. The van der Waals surface area contributed by atoms with Gasteiger partial charge in [0.2, 0.25) is 0 Å². The molecule has 2 fully saturated rings. The molecule has 1 aliphatic carbocycles. The van der Waals surface area contributed by atoms with Crippen LogP contribution in [-0.2, 0) is 4.79 Å². The van der Waals surface area contributed by atoms with Crippen LogP contribution in [0.3, 0.4) is 0 Å². The third-order valence-electron chi connectivity index (χ3n) is 3.79. The number of ketones is 1. The lowest BCUT2D eigenvalue weighted by Crippen LogP contribution is -2.43. The van der Waals surface area contributed by atoms with E-state index in [0.717, 1.165) is 25.3 Å². The molecule has 0 aromatic carbocycles. The molecule has 80 valence electrons. The summed E-state index contributed by atoms with van der Waals surface area (Å²) in [5.41, 5.74) is 0. The van der Waals surface area contributed by atoms with Gasteiger partial charge in [0.15, 0.2) is 0 Å². The van der Waals surface area contributed by atoms with Crippen molar-refractivity contribution in [2.24, 2.45) is 5.92 Å². The van der Waals surface area contributed by atoms with Crippen molar-refractivity contribution >= 4 is 5.78 Å². The zero-order chi connectivity index (χ0) is 9.97. The fourth-order valence-electron chi connectivity index (χ4n) is 2.85. The van der Waals surface area contributed by atoms with Gasteiger partial charge in [-0.25, -0.2) is 0 Å². The minimum absolute atomic E-state index is 0.458. The van der Waals surface area contributed by atoms with E-state index in [1.54, 1.807) is 0 Å². The van der Waals surface area contributed by atoms with E-state index in [0.29, 0.717) is 11.8 Å². The Labute approximate surface area is 86.7 Å². The molecule has 1 saturated heterocycles. The third kappa shape index (κ3) is 2.35. The number of rotatable bonds is 2. The topological polar surface area (TPSA) is 20.3 Å². The van der Waals surface area contributed by atoms with Crippen molar-refractivity contribution in [1.29, 1.82) is 0 Å². The van der Waals surface area contributed by atoms with Gasteiger partial charge >= 0.3 is 0 Å². The van der Waals surface area contributed by atoms with E-state index in [2.05, 4.69) is 11.8 Å². The predicted molar refractivity (Wildman–Crippen MR) is 57.2 cm³/mol. The van der Waals surface area contributed by atoms with E-state index >= 15 is 0 Å². The Kier molecular flexibility index (Phi) is 3.22. The normalized spacial score (nSPS) is 31.2. The summed E-state index contributed by atoms with van der Waals surface area (Å²) in [6, 6.07) is 0.497. The number of carbonyl (C=O) groups is 1. The van der Waals surface area contributed by atoms with Crippen LogP contribution in [0.2, 0.25) is 0 Å². The lowest BCUT2D eigenvalue weighted by molar-refractivity contribution is -0.123. The molecule has 14 heavy (non-hydrogen) atoms. The first-order valence-corrected chi connectivity index (χ1v) is 6.01. The molecular formula is C12H21NO. The quantitative estimate of drug-likeness (QED) is 0.673. The molecule has 0 aromatic rings. The second-order valence-electron chi connectivity index (χ2n) is 4.99. The highest BCUT2D eigenvalue weighted by atomic mass is 16.1. The average Bonchev–Trinajstić information content (AvgIpc) is 2.62. The van der Waals surface area contributed by atoms with Crippen LogP contribution in [0.15, 0.2) is 0 Å². The molecule has 1 saturated carbocycles. The van der Waals surface area contributed by atoms with E-state index in [1.165, 1.54) is 32.2 Å². The van der Waals surface area contributed by atoms with Crippen LogP contribution in [0.1, 0.15) is 45.4 Å². The lowest BCUT2D eigenvalue weighted by atomic mass is 9.99. The number of nitrogens with zero attached hydrogens (tertiary/aromatic N) is 1. The molecule has 1 atom stereocenters. The van der Waals surface area contributed by atoms with Crippen LogP contribution >= 0.6 is 0 Å². The van der Waals surface area contributed by atoms with Gasteiger partial charge in [-0.05, 0) is 25.7 Å². The fraction of sp³-hybridized carbons (Fsp3) is 0.917. The molecule has 0 amide bonds. The molecule has 2 aliphatic rings. The summed E-state index contributed by atoms with van der Waals surface area (Å²) in [7, 11) is 0. The van der Waals surface area contributed by atoms with Crippen LogP contribution in [0, 0.1) is 5.92 Å². The maximum atomic E-state index is 11.2. The first kappa shape index (κ1) is 10.2. The highest BCUT2D eigenvalue weighted by Crippen LogP contribution is 2.27. The Hall–Kier alpha value is -0.370. The van der Waals surface area contributed by atoms with Crippen molar-refractivity contribution in [1.82, 2.24) is 4.90 Å². The van der Waals surface area contributed by atoms with E-state index in [1.807, 2.05) is 0 Å². The third-order valence-corrected chi connectivity index (χ3v) is 3.79. The summed E-state index contributed by atoms with van der Waals surface area (Å²) >= 11 is 0. The zero-order valence-corrected chi connectivity index (χ0v) is 9.17. The minimum Gasteiger partial charge on any atom is -0.300 e. The summed E-state index contributed by atoms with van der Waals surface area (Å²) in [5.74, 6) is 1.38. The molecule has 0 N–H and O–H groups in total. The van der Waals surface area contributed by atoms with Crippen molar-refractivity contribution in [3.8, 4) is 0 Å². The summed E-state index contributed by atoms with van der Waals surface area (Å²) in [4.78, 5) is 13.8. The van der Waals surface area contributed by atoms with Crippen molar-refractivity contribution in [3.05, 3.63) is 0 Å². The standard InChI is InChI=1S/C12H21NO/c1-10-8-12(14)6-7-13(10)9-11-4-2-3-5-11/h10-11H,2-9H2,1H3. The summed E-state index contributed by atoms with van der Waals surface area (Å²) in [6.07, 6.45) is 7.25. The Balaban J connectivity index is 1.81. The van der Waals surface area contributed by atoms with Crippen LogP contribution in [-0.4, -0.2) is 29.8 Å². The van der Waals surface area contributed by atoms with Crippen molar-refractivity contribution < 1.29 is 4.79 Å². The molecule has 1 aliphatic heterocycles. The van der Waals surface area contributed by atoms with E-state index in [4.69, 9.17) is 0 Å². The molecular weight excluding hydrogens is 174 g/mol. The monoisotopic (exact) mass is 195 g/mol. The van der Waals surface area contributed by atoms with E-state index < -0.39 is 0 Å². The smallest absolute Gasteiger partial charge is 0.135 e. The highest BCUT2D eigenvalue weighted by Gasteiger charge is 2.26. The number of likely N-dealkylation sites (tertiary alicyclic amines) is 1. The van der Waals surface area contributed by atoms with Gasteiger partial charge in [0, 0.05) is 32.0 Å². The molecule has 0 spiro atoms. The van der Waals surface area contributed by atoms with E-state index in [-0.39, 0.29) is 0 Å². The first-order chi connectivity index (χ1) is 6.75. The van der Waals surface area contributed by atoms with Gasteiger partial charge in [-0.3, -0.25) is 9.69 Å². The average molecular weight is 195 g/mol. The molecule has 0 bridgehead atoms. The zero-order valence-electron chi connectivity index (χ0n) is 9.17. The van der Waals surface area contributed by atoms with Gasteiger partial charge < -0.3 is 0 Å². The Morgan fingerprint density at radius 2 is 2.07 bits per heavy atom. The van der Waals surface area contributed by atoms with Gasteiger partial charge in [-0.1, -0.05) is 12.8 Å². The molecule has 1 heterocycles. The van der Waals surface area contributed by atoms with Crippen LogP contribution in [0.25, 0.3) is 0 Å². The second kappa shape index (κ2) is 4.43. The maximum Gasteiger partial charge on any atom is 0.135 e. The van der Waals surface area contributed by atoms with Gasteiger partial charge in [-0.15, -0.1) is 0 Å². The largest absolute Gasteiger partial charge is 0.300 e. The maximum absolute atomic E-state index is 11.2. The molecule has 2 rings (SSSR count). The first-order valence-electron chi connectivity index (χ1n) is 6.01. The van der Waals surface area contributed by atoms with Gasteiger partial charge in [-0.2, -0.15) is 0 Å². The summed E-state index contributed by atoms with van der Waals surface area (Å²) in [6.45, 7) is 4.46. The number of hydrogen-bond acceptors (Lipinski definition) is 2. The molecule has 2 heteroatoms. The van der Waals surface area contributed by atoms with Crippen molar-refractivity contribution in [2.75, 3.05) is 13.1 Å². The number of hydrogen-bond donors (Lipinski definition) is 0. The van der Waals surface area contributed by atoms with E-state index in [9.17, 15) is 4.79 Å². The lowest BCUT2D eigenvalue weighted by Gasteiger charge is -2.34. The number of Topliss-reactive ketones (excluding diaryl/α,β-unsaturated/α-hetero) is 1. The SMILES string of the molecule is CC1CC(=O)CCN1CC1CCCC1. The fourth-order valence-corrected chi connectivity index (χ4v) is 2.85. The predicted octanol–water partition coefficient (Wildman–Crippen LogP) is 2.23. The highest BCUT2D eigenvalue weighted by molar-refractivity contribution is 5.79. The molecule has 0 radical (unpaired) electrons. The van der Waals surface area contributed by atoms with Gasteiger partial charge in [0.25, 0.3) is 0 Å². The summed E-state index contributed by atoms with van der Waals surface area (Å²) < 4.78 is 0. The molecule has 1 unspecified atom stereocenters. The minimum atomic E-state index is 0.458. The Bertz CT molecular complexity index is 208. The van der Waals surface area contributed by atoms with Crippen LogP contribution in [0.4, 0.5) is 0 Å². The number of piperidine rings is 1. The summed E-state index contributed by atoms with van der Waals surface area (Å²) in [5, 5.41) is 0. The Morgan fingerprint density at radius 3 is 2.71 bits per heavy atom. The van der Waals surface area contributed by atoms with Crippen LogP contribution in [0.5, 0.6) is 0 Å². The van der Waals surface area contributed by atoms with Crippen molar-refractivity contribution in [2.45, 2.75) is 51.5 Å². The van der Waals surface area contributed by atoms with Gasteiger partial charge in [0.05, 0.1) is 0 Å².